The zero-order chi connectivity index (χ0) is 19.7. The summed E-state index contributed by atoms with van der Waals surface area (Å²) in [6, 6.07) is 13.5. The number of anilines is 1. The topological polar surface area (TPSA) is 59.1 Å². The Morgan fingerprint density at radius 1 is 1.25 bits per heavy atom. The van der Waals surface area contributed by atoms with Gasteiger partial charge in [-0.15, -0.1) is 0 Å². The molecule has 0 bridgehead atoms. The van der Waals surface area contributed by atoms with E-state index in [0.29, 0.717) is 30.4 Å². The number of hydrogen-bond donors (Lipinski definition) is 0. The van der Waals surface area contributed by atoms with E-state index in [1.807, 2.05) is 29.2 Å². The van der Waals surface area contributed by atoms with Gasteiger partial charge in [0.05, 0.1) is 12.8 Å². The van der Waals surface area contributed by atoms with Crippen LogP contribution in [0.4, 0.5) is 5.69 Å². The molecule has 2 aromatic carbocycles. The van der Waals surface area contributed by atoms with Crippen LogP contribution in [0.3, 0.4) is 0 Å². The lowest BCUT2D eigenvalue weighted by Crippen LogP contribution is -2.46. The first kappa shape index (κ1) is 18.8. The molecule has 0 spiro atoms. The van der Waals surface area contributed by atoms with Crippen molar-refractivity contribution in [1.29, 1.82) is 0 Å². The second kappa shape index (κ2) is 7.83. The summed E-state index contributed by atoms with van der Waals surface area (Å²) >= 11 is 3.40. The Labute approximate surface area is 172 Å². The van der Waals surface area contributed by atoms with Crippen LogP contribution in [0.5, 0.6) is 11.5 Å². The van der Waals surface area contributed by atoms with Gasteiger partial charge in [-0.1, -0.05) is 28.1 Å². The predicted octanol–water partition coefficient (Wildman–Crippen LogP) is 3.20. The maximum Gasteiger partial charge on any atom is 0.265 e. The molecule has 7 heteroatoms. The fourth-order valence-corrected chi connectivity index (χ4v) is 4.06. The van der Waals surface area contributed by atoms with Crippen molar-refractivity contribution in [1.82, 2.24) is 4.90 Å². The van der Waals surface area contributed by atoms with E-state index in [4.69, 9.17) is 9.47 Å². The molecule has 146 valence electrons. The van der Waals surface area contributed by atoms with Gasteiger partial charge in [0.25, 0.3) is 5.91 Å². The largest absolute Gasteiger partial charge is 0.497 e. The van der Waals surface area contributed by atoms with Gasteiger partial charge in [-0.05, 0) is 42.3 Å². The van der Waals surface area contributed by atoms with Gasteiger partial charge in [-0.3, -0.25) is 14.5 Å². The van der Waals surface area contributed by atoms with Crippen molar-refractivity contribution in [2.45, 2.75) is 12.3 Å². The van der Waals surface area contributed by atoms with E-state index >= 15 is 0 Å². The Morgan fingerprint density at radius 3 is 2.79 bits per heavy atom. The smallest absolute Gasteiger partial charge is 0.265 e. The molecular formula is C21H21BrN2O4. The van der Waals surface area contributed by atoms with Crippen LogP contribution in [0, 0.1) is 0 Å². The van der Waals surface area contributed by atoms with Crippen LogP contribution in [0.1, 0.15) is 17.9 Å². The summed E-state index contributed by atoms with van der Waals surface area (Å²) in [6.45, 7) is 1.34. The molecule has 0 aromatic heterocycles. The third kappa shape index (κ3) is 3.71. The number of rotatable bonds is 4. The fraction of sp³-hybridized carbons (Fsp3) is 0.333. The molecule has 6 nitrogen and oxygen atoms in total. The first-order valence-electron chi connectivity index (χ1n) is 9.19. The third-order valence-corrected chi connectivity index (χ3v) is 5.78. The Morgan fingerprint density at radius 2 is 2.04 bits per heavy atom. The standard InChI is InChI=1S/C21H21BrN2O4/c1-27-17-5-2-14(3-6-17)15-8-9-23(11-15)20(25)12-24-18-7-4-16(22)10-19(18)28-13-21(24)26/h2-7,10,15H,8-9,11-13H2,1H3. The van der Waals surface area contributed by atoms with Crippen molar-refractivity contribution in [2.24, 2.45) is 0 Å². The van der Waals surface area contributed by atoms with Crippen molar-refractivity contribution in [3.05, 3.63) is 52.5 Å². The van der Waals surface area contributed by atoms with Crippen LogP contribution >= 0.6 is 15.9 Å². The highest BCUT2D eigenvalue weighted by Gasteiger charge is 2.32. The highest BCUT2D eigenvalue weighted by molar-refractivity contribution is 9.10. The lowest BCUT2D eigenvalue weighted by molar-refractivity contribution is -0.131. The number of ether oxygens (including phenoxy) is 2. The molecule has 2 heterocycles. The molecule has 28 heavy (non-hydrogen) atoms. The van der Waals surface area contributed by atoms with Crippen molar-refractivity contribution in [3.8, 4) is 11.5 Å². The molecular weight excluding hydrogens is 424 g/mol. The second-order valence-corrected chi connectivity index (χ2v) is 7.89. The van der Waals surface area contributed by atoms with Crippen LogP contribution in [0.15, 0.2) is 46.9 Å². The number of hydrogen-bond acceptors (Lipinski definition) is 4. The van der Waals surface area contributed by atoms with Gasteiger partial charge in [-0.2, -0.15) is 0 Å². The minimum absolute atomic E-state index is 0.0339. The Bertz CT molecular complexity index is 900. The zero-order valence-electron chi connectivity index (χ0n) is 15.6. The van der Waals surface area contributed by atoms with Crippen molar-refractivity contribution < 1.29 is 19.1 Å². The van der Waals surface area contributed by atoms with E-state index in [9.17, 15) is 9.59 Å². The van der Waals surface area contributed by atoms with Gasteiger partial charge >= 0.3 is 0 Å². The number of halogens is 1. The molecule has 1 fully saturated rings. The number of fused-ring (bicyclic) bond motifs is 1. The Kier molecular flexibility index (Phi) is 5.26. The summed E-state index contributed by atoms with van der Waals surface area (Å²) in [6.07, 6.45) is 0.915. The molecule has 4 rings (SSSR count). The monoisotopic (exact) mass is 444 g/mol. The molecule has 2 aliphatic heterocycles. The van der Waals surface area contributed by atoms with E-state index < -0.39 is 0 Å². The summed E-state index contributed by atoms with van der Waals surface area (Å²) in [5.41, 5.74) is 1.84. The molecule has 0 radical (unpaired) electrons. The summed E-state index contributed by atoms with van der Waals surface area (Å²) in [5, 5.41) is 0. The Hall–Kier alpha value is -2.54. The normalized spacial score (nSPS) is 18.6. The van der Waals surface area contributed by atoms with Gasteiger partial charge in [0.1, 0.15) is 18.0 Å². The molecule has 2 aliphatic rings. The average molecular weight is 445 g/mol. The highest BCUT2D eigenvalue weighted by Crippen LogP contribution is 2.35. The molecule has 1 saturated heterocycles. The summed E-state index contributed by atoms with van der Waals surface area (Å²) in [5.74, 6) is 1.50. The van der Waals surface area contributed by atoms with E-state index in [1.54, 1.807) is 13.2 Å². The molecule has 0 aliphatic carbocycles. The SMILES string of the molecule is COc1ccc(C2CCN(C(=O)CN3C(=O)COc4cc(Br)ccc43)C2)cc1. The molecule has 2 amide bonds. The van der Waals surface area contributed by atoms with Crippen LogP contribution in [-0.4, -0.2) is 50.1 Å². The van der Waals surface area contributed by atoms with Crippen LogP contribution < -0.4 is 14.4 Å². The van der Waals surface area contributed by atoms with Crippen LogP contribution in [0.2, 0.25) is 0 Å². The second-order valence-electron chi connectivity index (χ2n) is 6.98. The minimum atomic E-state index is -0.200. The minimum Gasteiger partial charge on any atom is -0.497 e. The van der Waals surface area contributed by atoms with Crippen molar-refractivity contribution in [2.75, 3.05) is 38.3 Å². The van der Waals surface area contributed by atoms with E-state index in [2.05, 4.69) is 28.1 Å². The number of nitrogens with zero attached hydrogens (tertiary/aromatic N) is 2. The van der Waals surface area contributed by atoms with Crippen molar-refractivity contribution in [3.63, 3.8) is 0 Å². The lowest BCUT2D eigenvalue weighted by atomic mass is 9.98. The molecule has 2 aromatic rings. The number of carbonyl (C=O) groups is 2. The third-order valence-electron chi connectivity index (χ3n) is 5.29. The van der Waals surface area contributed by atoms with Crippen molar-refractivity contribution >= 4 is 33.4 Å². The molecule has 0 saturated carbocycles. The van der Waals surface area contributed by atoms with E-state index in [1.165, 1.54) is 10.5 Å². The molecule has 0 N–H and O–H groups in total. The van der Waals surface area contributed by atoms with Gasteiger partial charge < -0.3 is 14.4 Å². The number of benzene rings is 2. The maximum absolute atomic E-state index is 12.9. The molecule has 1 unspecified atom stereocenters. The maximum atomic E-state index is 12.9. The highest BCUT2D eigenvalue weighted by atomic mass is 79.9. The predicted molar refractivity (Wildman–Crippen MR) is 109 cm³/mol. The van der Waals surface area contributed by atoms with Crippen LogP contribution in [-0.2, 0) is 9.59 Å². The van der Waals surface area contributed by atoms with Gasteiger partial charge in [-0.25, -0.2) is 0 Å². The summed E-state index contributed by atoms with van der Waals surface area (Å²) < 4.78 is 11.6. The number of amides is 2. The lowest BCUT2D eigenvalue weighted by Gasteiger charge is -2.30. The summed E-state index contributed by atoms with van der Waals surface area (Å²) in [7, 11) is 1.65. The average Bonchev–Trinajstić information content (AvgIpc) is 3.20. The van der Waals surface area contributed by atoms with Gasteiger partial charge in [0.2, 0.25) is 5.91 Å². The fourth-order valence-electron chi connectivity index (χ4n) is 3.72. The number of likely N-dealkylation sites (tertiary alicyclic amines) is 1. The van der Waals surface area contributed by atoms with E-state index in [0.717, 1.165) is 16.6 Å². The van der Waals surface area contributed by atoms with E-state index in [-0.39, 0.29) is 25.0 Å². The van der Waals surface area contributed by atoms with Gasteiger partial charge in [0, 0.05) is 23.5 Å². The number of methoxy groups -OCH3 is 1. The first-order chi connectivity index (χ1) is 13.5. The summed E-state index contributed by atoms with van der Waals surface area (Å²) in [4.78, 5) is 28.6. The van der Waals surface area contributed by atoms with Crippen LogP contribution in [0.25, 0.3) is 0 Å². The Balaban J connectivity index is 1.44. The first-order valence-corrected chi connectivity index (χ1v) is 9.99. The van der Waals surface area contributed by atoms with Gasteiger partial charge in [0.15, 0.2) is 6.61 Å². The quantitative estimate of drug-likeness (QED) is 0.726. The number of carbonyl (C=O) groups excluding carboxylic acids is 2. The zero-order valence-corrected chi connectivity index (χ0v) is 17.1. The molecule has 1 atom stereocenters.